The Balaban J connectivity index is 1.59. The molecule has 0 saturated heterocycles. The molecule has 12 heteroatoms. The van der Waals surface area contributed by atoms with Crippen LogP contribution in [0.5, 0.6) is 0 Å². The van der Waals surface area contributed by atoms with Gasteiger partial charge in [-0.25, -0.2) is 0 Å². The Kier molecular flexibility index (Phi) is 7.03. The van der Waals surface area contributed by atoms with Gasteiger partial charge in [-0.3, -0.25) is 19.7 Å². The van der Waals surface area contributed by atoms with Gasteiger partial charge in [0.25, 0.3) is 11.6 Å². The van der Waals surface area contributed by atoms with Crippen molar-refractivity contribution in [2.45, 2.75) is 32.1 Å². The number of nitro benzene ring substituents is 1. The van der Waals surface area contributed by atoms with E-state index in [1.165, 1.54) is 30.2 Å². The molecule has 3 rings (SSSR count). The van der Waals surface area contributed by atoms with Gasteiger partial charge >= 0.3 is 0 Å². The molecule has 162 valence electrons. The molecule has 2 amide bonds. The number of furan rings is 1. The van der Waals surface area contributed by atoms with Crippen molar-refractivity contribution in [3.05, 3.63) is 63.9 Å². The minimum absolute atomic E-state index is 0.0407. The smallest absolute Gasteiger partial charge is 0.287 e. The molecule has 0 aliphatic carbocycles. The van der Waals surface area contributed by atoms with Crippen molar-refractivity contribution in [2.24, 2.45) is 0 Å². The van der Waals surface area contributed by atoms with Crippen molar-refractivity contribution in [3.8, 4) is 0 Å². The fourth-order valence-corrected chi connectivity index (χ4v) is 3.52. The monoisotopic (exact) mass is 444 g/mol. The third-order valence-corrected chi connectivity index (χ3v) is 5.27. The number of rotatable bonds is 9. The third-order valence-electron chi connectivity index (χ3n) is 4.30. The maximum absolute atomic E-state index is 12.3. The SMILES string of the molecule is CCn1c(CNC(=O)c2ccco2)nnc1SCC(=O)Nc1cc([N+](=O)[O-])ccc1C. The lowest BCUT2D eigenvalue weighted by Gasteiger charge is -2.09. The van der Waals surface area contributed by atoms with E-state index >= 15 is 0 Å². The Morgan fingerprint density at radius 1 is 1.29 bits per heavy atom. The van der Waals surface area contributed by atoms with Gasteiger partial charge < -0.3 is 19.6 Å². The van der Waals surface area contributed by atoms with Crippen LogP contribution in [-0.4, -0.2) is 37.3 Å². The number of anilines is 1. The van der Waals surface area contributed by atoms with Crippen LogP contribution in [0.15, 0.2) is 46.2 Å². The van der Waals surface area contributed by atoms with Crippen molar-refractivity contribution >= 4 is 35.0 Å². The summed E-state index contributed by atoms with van der Waals surface area (Å²) in [5.74, 6) is 0.0903. The van der Waals surface area contributed by atoms with Gasteiger partial charge in [-0.1, -0.05) is 17.8 Å². The molecule has 0 aliphatic rings. The molecule has 1 aromatic carbocycles. The van der Waals surface area contributed by atoms with Crippen molar-refractivity contribution in [1.29, 1.82) is 0 Å². The van der Waals surface area contributed by atoms with E-state index in [-0.39, 0.29) is 35.6 Å². The van der Waals surface area contributed by atoms with Crippen molar-refractivity contribution < 1.29 is 18.9 Å². The normalized spacial score (nSPS) is 10.6. The lowest BCUT2D eigenvalue weighted by molar-refractivity contribution is -0.384. The summed E-state index contributed by atoms with van der Waals surface area (Å²) in [6, 6.07) is 7.47. The molecule has 0 saturated carbocycles. The number of nitrogens with one attached hydrogen (secondary N) is 2. The van der Waals surface area contributed by atoms with Crippen LogP contribution in [-0.2, 0) is 17.9 Å². The van der Waals surface area contributed by atoms with Gasteiger partial charge in [0, 0.05) is 18.7 Å². The quantitative estimate of drug-likeness (QED) is 0.291. The summed E-state index contributed by atoms with van der Waals surface area (Å²) in [6.45, 7) is 4.36. The van der Waals surface area contributed by atoms with Crippen LogP contribution in [0.1, 0.15) is 28.9 Å². The molecule has 0 fully saturated rings. The molecule has 3 aromatic rings. The molecule has 0 unspecified atom stereocenters. The highest BCUT2D eigenvalue weighted by Gasteiger charge is 2.16. The number of hydrogen-bond donors (Lipinski definition) is 2. The minimum atomic E-state index is -0.514. The van der Waals surface area contributed by atoms with E-state index in [2.05, 4.69) is 20.8 Å². The second-order valence-electron chi connectivity index (χ2n) is 6.40. The van der Waals surface area contributed by atoms with Gasteiger partial charge in [0.15, 0.2) is 16.7 Å². The van der Waals surface area contributed by atoms with Crippen molar-refractivity contribution in [3.63, 3.8) is 0 Å². The molecular weight excluding hydrogens is 424 g/mol. The first-order valence-electron chi connectivity index (χ1n) is 9.30. The van der Waals surface area contributed by atoms with E-state index in [0.29, 0.717) is 23.2 Å². The number of amides is 2. The lowest BCUT2D eigenvalue weighted by atomic mass is 10.2. The number of non-ortho nitro benzene ring substituents is 1. The molecule has 2 aromatic heterocycles. The molecular formula is C19H20N6O5S. The summed E-state index contributed by atoms with van der Waals surface area (Å²) in [7, 11) is 0. The Morgan fingerprint density at radius 3 is 2.77 bits per heavy atom. The third kappa shape index (κ3) is 5.48. The van der Waals surface area contributed by atoms with E-state index in [1.807, 2.05) is 6.92 Å². The molecule has 2 heterocycles. The van der Waals surface area contributed by atoms with Crippen LogP contribution in [0.2, 0.25) is 0 Å². The van der Waals surface area contributed by atoms with Gasteiger partial charge in [0.05, 0.1) is 29.2 Å². The van der Waals surface area contributed by atoms with Gasteiger partial charge in [0.2, 0.25) is 5.91 Å². The molecule has 0 bridgehead atoms. The molecule has 0 atom stereocenters. The fourth-order valence-electron chi connectivity index (χ4n) is 2.70. The summed E-state index contributed by atoms with van der Waals surface area (Å²) in [4.78, 5) is 34.8. The topological polar surface area (TPSA) is 145 Å². The number of carbonyl (C=O) groups is 2. The average molecular weight is 444 g/mol. The van der Waals surface area contributed by atoms with Gasteiger partial charge in [-0.05, 0) is 31.5 Å². The zero-order valence-corrected chi connectivity index (χ0v) is 17.6. The number of benzene rings is 1. The fraction of sp³-hybridized carbons (Fsp3) is 0.263. The van der Waals surface area contributed by atoms with Crippen LogP contribution in [0.4, 0.5) is 11.4 Å². The van der Waals surface area contributed by atoms with E-state index in [9.17, 15) is 19.7 Å². The molecule has 0 radical (unpaired) electrons. The van der Waals surface area contributed by atoms with E-state index in [1.54, 1.807) is 29.7 Å². The first kappa shape index (κ1) is 22.0. The number of hydrogen-bond acceptors (Lipinski definition) is 8. The summed E-state index contributed by atoms with van der Waals surface area (Å²) in [5.41, 5.74) is 1.01. The van der Waals surface area contributed by atoms with Gasteiger partial charge in [-0.2, -0.15) is 0 Å². The molecule has 31 heavy (non-hydrogen) atoms. The van der Waals surface area contributed by atoms with E-state index in [4.69, 9.17) is 4.42 Å². The van der Waals surface area contributed by atoms with Crippen LogP contribution >= 0.6 is 11.8 Å². The summed E-state index contributed by atoms with van der Waals surface area (Å²) in [6.07, 6.45) is 1.42. The largest absolute Gasteiger partial charge is 0.459 e. The first-order chi connectivity index (χ1) is 14.9. The van der Waals surface area contributed by atoms with Crippen LogP contribution in [0, 0.1) is 17.0 Å². The standard InChI is InChI=1S/C19H20N6O5S/c1-3-24-16(10-20-18(27)15-5-4-8-30-15)22-23-19(24)31-11-17(26)21-14-9-13(25(28)29)7-6-12(14)2/h4-9H,3,10-11H2,1-2H3,(H,20,27)(H,21,26). The molecule has 0 spiro atoms. The van der Waals surface area contributed by atoms with E-state index in [0.717, 1.165) is 5.56 Å². The average Bonchev–Trinajstić information content (AvgIpc) is 3.41. The zero-order valence-electron chi connectivity index (χ0n) is 16.8. The number of carbonyl (C=O) groups excluding carboxylic acids is 2. The second-order valence-corrected chi connectivity index (χ2v) is 7.34. The van der Waals surface area contributed by atoms with Crippen LogP contribution in [0.3, 0.4) is 0 Å². The van der Waals surface area contributed by atoms with Crippen molar-refractivity contribution in [1.82, 2.24) is 20.1 Å². The number of thioether (sulfide) groups is 1. The maximum atomic E-state index is 12.3. The highest BCUT2D eigenvalue weighted by atomic mass is 32.2. The van der Waals surface area contributed by atoms with Gasteiger partial charge in [0.1, 0.15) is 0 Å². The van der Waals surface area contributed by atoms with Gasteiger partial charge in [-0.15, -0.1) is 10.2 Å². The number of nitro groups is 1. The Hall–Kier alpha value is -3.67. The number of aromatic nitrogens is 3. The highest BCUT2D eigenvalue weighted by molar-refractivity contribution is 7.99. The highest BCUT2D eigenvalue weighted by Crippen LogP contribution is 2.23. The Morgan fingerprint density at radius 2 is 2.10 bits per heavy atom. The second kappa shape index (κ2) is 9.89. The van der Waals surface area contributed by atoms with Crippen molar-refractivity contribution in [2.75, 3.05) is 11.1 Å². The first-order valence-corrected chi connectivity index (χ1v) is 10.3. The number of nitrogens with zero attached hydrogens (tertiary/aromatic N) is 4. The van der Waals surface area contributed by atoms with E-state index < -0.39 is 4.92 Å². The summed E-state index contributed by atoms with van der Waals surface area (Å²) >= 11 is 1.18. The van der Waals surface area contributed by atoms with Crippen LogP contribution in [0.25, 0.3) is 0 Å². The zero-order chi connectivity index (χ0) is 22.4. The maximum Gasteiger partial charge on any atom is 0.287 e. The Bertz CT molecular complexity index is 1100. The lowest BCUT2D eigenvalue weighted by Crippen LogP contribution is -2.24. The summed E-state index contributed by atoms with van der Waals surface area (Å²) in [5, 5.41) is 25.0. The Labute approximate surface area is 181 Å². The molecule has 2 N–H and O–H groups in total. The minimum Gasteiger partial charge on any atom is -0.459 e. The molecule has 11 nitrogen and oxygen atoms in total. The summed E-state index contributed by atoms with van der Waals surface area (Å²) < 4.78 is 6.84. The predicted octanol–water partition coefficient (Wildman–Crippen LogP) is 2.77. The predicted molar refractivity (Wildman–Crippen MR) is 113 cm³/mol. The molecule has 0 aliphatic heterocycles. The number of aryl methyl sites for hydroxylation is 1. The van der Waals surface area contributed by atoms with Crippen LogP contribution < -0.4 is 10.6 Å².